The molecule has 152 valence electrons. The molecule has 7 nitrogen and oxygen atoms in total. The van der Waals surface area contributed by atoms with Crippen LogP contribution in [0.15, 0.2) is 46.1 Å². The molecule has 29 heavy (non-hydrogen) atoms. The van der Waals surface area contributed by atoms with E-state index in [1.807, 2.05) is 37.3 Å². The van der Waals surface area contributed by atoms with Crippen LogP contribution in [0.25, 0.3) is 11.0 Å². The van der Waals surface area contributed by atoms with Crippen LogP contribution in [0.5, 0.6) is 0 Å². The highest BCUT2D eigenvalue weighted by molar-refractivity contribution is 7.99. The van der Waals surface area contributed by atoms with Crippen LogP contribution in [0, 0.1) is 0 Å². The number of anilines is 1. The highest BCUT2D eigenvalue weighted by Gasteiger charge is 2.18. The lowest BCUT2D eigenvalue weighted by Crippen LogP contribution is -2.38. The third-order valence-electron chi connectivity index (χ3n) is 4.68. The van der Waals surface area contributed by atoms with E-state index in [1.165, 1.54) is 23.4 Å². The summed E-state index contributed by atoms with van der Waals surface area (Å²) in [7, 11) is 3.00. The number of thioether (sulfide) groups is 1. The van der Waals surface area contributed by atoms with E-state index in [2.05, 4.69) is 10.3 Å². The van der Waals surface area contributed by atoms with Crippen molar-refractivity contribution in [1.82, 2.24) is 14.1 Å². The molecule has 0 atom stereocenters. The Hall–Kier alpha value is -2.87. The van der Waals surface area contributed by atoms with E-state index >= 15 is 0 Å². The molecule has 0 aliphatic heterocycles. The number of carbonyl (C=O) groups is 1. The van der Waals surface area contributed by atoms with Crippen LogP contribution in [0.4, 0.5) is 5.69 Å². The second kappa shape index (κ2) is 9.09. The molecule has 0 unspecified atom stereocenters. The van der Waals surface area contributed by atoms with Gasteiger partial charge in [-0.2, -0.15) is 0 Å². The molecule has 1 N–H and O–H groups in total. The highest BCUT2D eigenvalue weighted by atomic mass is 32.2. The molecule has 3 aromatic rings. The van der Waals surface area contributed by atoms with Crippen LogP contribution in [-0.4, -0.2) is 25.8 Å². The fraction of sp³-hybridized carbons (Fsp3) is 0.333. The second-order valence-electron chi connectivity index (χ2n) is 6.84. The third-order valence-corrected chi connectivity index (χ3v) is 5.68. The molecule has 0 aliphatic carbocycles. The maximum atomic E-state index is 12.8. The average molecular weight is 413 g/mol. The number of fused-ring (bicyclic) bond motifs is 1. The molecule has 8 heteroatoms. The van der Waals surface area contributed by atoms with Gasteiger partial charge in [-0.05, 0) is 17.5 Å². The SMILES string of the molecule is CCCc1cnc2c(c1NC(=O)CSCc1ccccc1)c(=O)n(C)c(=O)n2C. The standard InChI is InChI=1S/C21H24N4O3S/c1-4-8-15-11-22-19-17(20(27)25(3)21(28)24(19)2)18(15)23-16(26)13-29-12-14-9-6-5-7-10-14/h5-7,9-11H,4,8,12-13H2,1-3H3,(H,22,23,26). The zero-order valence-corrected chi connectivity index (χ0v) is 17.6. The van der Waals surface area contributed by atoms with Crippen molar-refractivity contribution in [3.8, 4) is 0 Å². The number of rotatable bonds is 7. The van der Waals surface area contributed by atoms with Gasteiger partial charge >= 0.3 is 5.69 Å². The van der Waals surface area contributed by atoms with Crippen molar-refractivity contribution in [3.05, 3.63) is 68.5 Å². The predicted octanol–water partition coefficient (Wildman–Crippen LogP) is 2.46. The molecule has 0 spiro atoms. The monoisotopic (exact) mass is 412 g/mol. The number of hydrogen-bond donors (Lipinski definition) is 1. The van der Waals surface area contributed by atoms with Gasteiger partial charge in [-0.3, -0.25) is 18.7 Å². The summed E-state index contributed by atoms with van der Waals surface area (Å²) in [6.07, 6.45) is 3.14. The van der Waals surface area contributed by atoms with Gasteiger partial charge in [-0.15, -0.1) is 11.8 Å². The van der Waals surface area contributed by atoms with Gasteiger partial charge in [0.15, 0.2) is 5.65 Å². The van der Waals surface area contributed by atoms with Gasteiger partial charge in [0.05, 0.1) is 11.4 Å². The van der Waals surface area contributed by atoms with E-state index in [0.29, 0.717) is 12.1 Å². The molecule has 2 aromatic heterocycles. The van der Waals surface area contributed by atoms with E-state index in [9.17, 15) is 14.4 Å². The summed E-state index contributed by atoms with van der Waals surface area (Å²) in [5.41, 5.74) is 1.76. The van der Waals surface area contributed by atoms with Crippen LogP contribution in [0.2, 0.25) is 0 Å². The van der Waals surface area contributed by atoms with E-state index in [0.717, 1.165) is 27.9 Å². The summed E-state index contributed by atoms with van der Waals surface area (Å²) in [6.45, 7) is 2.02. The molecule has 0 bridgehead atoms. The fourth-order valence-electron chi connectivity index (χ4n) is 3.18. The maximum Gasteiger partial charge on any atom is 0.332 e. The first-order valence-corrected chi connectivity index (χ1v) is 10.6. The summed E-state index contributed by atoms with van der Waals surface area (Å²) < 4.78 is 2.37. The zero-order valence-electron chi connectivity index (χ0n) is 16.8. The van der Waals surface area contributed by atoms with Crippen molar-refractivity contribution in [2.75, 3.05) is 11.1 Å². The normalized spacial score (nSPS) is 11.0. The molecular weight excluding hydrogens is 388 g/mol. The summed E-state index contributed by atoms with van der Waals surface area (Å²) in [5, 5.41) is 3.18. The van der Waals surface area contributed by atoms with Gasteiger partial charge < -0.3 is 5.32 Å². The number of amides is 1. The zero-order chi connectivity index (χ0) is 21.0. The Morgan fingerprint density at radius 3 is 2.55 bits per heavy atom. The van der Waals surface area contributed by atoms with Crippen LogP contribution < -0.4 is 16.6 Å². The van der Waals surface area contributed by atoms with Crippen molar-refractivity contribution < 1.29 is 4.79 Å². The minimum Gasteiger partial charge on any atom is -0.324 e. The average Bonchev–Trinajstić information content (AvgIpc) is 2.72. The first kappa shape index (κ1) is 20.9. The van der Waals surface area contributed by atoms with E-state index in [1.54, 1.807) is 13.2 Å². The van der Waals surface area contributed by atoms with Crippen molar-refractivity contribution in [3.63, 3.8) is 0 Å². The van der Waals surface area contributed by atoms with Gasteiger partial charge in [0.1, 0.15) is 5.39 Å². The Morgan fingerprint density at radius 1 is 1.14 bits per heavy atom. The topological polar surface area (TPSA) is 86.0 Å². The van der Waals surface area contributed by atoms with E-state index < -0.39 is 11.2 Å². The fourth-order valence-corrected chi connectivity index (χ4v) is 3.97. The van der Waals surface area contributed by atoms with Crippen LogP contribution in [-0.2, 0) is 31.1 Å². The Kier molecular flexibility index (Phi) is 6.53. The summed E-state index contributed by atoms with van der Waals surface area (Å²) in [6, 6.07) is 9.93. The van der Waals surface area contributed by atoms with Gasteiger partial charge in [0.25, 0.3) is 5.56 Å². The van der Waals surface area contributed by atoms with Crippen LogP contribution in [0.1, 0.15) is 24.5 Å². The third kappa shape index (κ3) is 4.42. The summed E-state index contributed by atoms with van der Waals surface area (Å²) >= 11 is 1.51. The molecule has 2 heterocycles. The largest absolute Gasteiger partial charge is 0.332 e. The maximum absolute atomic E-state index is 12.8. The molecule has 1 aromatic carbocycles. The summed E-state index contributed by atoms with van der Waals surface area (Å²) in [4.78, 5) is 42.0. The van der Waals surface area contributed by atoms with Gasteiger partial charge in [-0.1, -0.05) is 43.7 Å². The van der Waals surface area contributed by atoms with E-state index in [4.69, 9.17) is 0 Å². The molecule has 0 fully saturated rings. The van der Waals surface area contributed by atoms with Crippen molar-refractivity contribution in [2.24, 2.45) is 14.1 Å². The number of benzene rings is 1. The number of hydrogen-bond acceptors (Lipinski definition) is 5. The first-order valence-electron chi connectivity index (χ1n) is 9.43. The lowest BCUT2D eigenvalue weighted by Gasteiger charge is -2.15. The minimum atomic E-state index is -0.458. The van der Waals surface area contributed by atoms with Crippen LogP contribution in [0.3, 0.4) is 0 Å². The lowest BCUT2D eigenvalue weighted by molar-refractivity contribution is -0.113. The van der Waals surface area contributed by atoms with Crippen molar-refractivity contribution >= 4 is 34.4 Å². The quantitative estimate of drug-likeness (QED) is 0.644. The number of aromatic nitrogens is 3. The first-order chi connectivity index (χ1) is 13.9. The number of nitrogens with one attached hydrogen (secondary N) is 1. The predicted molar refractivity (Wildman–Crippen MR) is 117 cm³/mol. The Labute approximate surface area is 172 Å². The molecule has 0 radical (unpaired) electrons. The second-order valence-corrected chi connectivity index (χ2v) is 7.82. The van der Waals surface area contributed by atoms with Crippen molar-refractivity contribution in [2.45, 2.75) is 25.5 Å². The minimum absolute atomic E-state index is 0.188. The Morgan fingerprint density at radius 2 is 1.86 bits per heavy atom. The molecular formula is C21H24N4O3S. The van der Waals surface area contributed by atoms with Crippen LogP contribution >= 0.6 is 11.8 Å². The van der Waals surface area contributed by atoms with Gasteiger partial charge in [-0.25, -0.2) is 9.78 Å². The number of pyridine rings is 1. The van der Waals surface area contributed by atoms with Crippen molar-refractivity contribution in [1.29, 1.82) is 0 Å². The molecule has 0 saturated carbocycles. The molecule has 0 aliphatic rings. The smallest absolute Gasteiger partial charge is 0.324 e. The number of nitrogens with zero attached hydrogens (tertiary/aromatic N) is 3. The Bertz CT molecular complexity index is 1150. The van der Waals surface area contributed by atoms with Gasteiger partial charge in [0.2, 0.25) is 5.91 Å². The summed E-state index contributed by atoms with van der Waals surface area (Å²) in [5.74, 6) is 0.798. The number of carbonyl (C=O) groups excluding carboxylic acids is 1. The highest BCUT2D eigenvalue weighted by Crippen LogP contribution is 2.24. The molecule has 1 amide bonds. The Balaban J connectivity index is 1.92. The molecule has 3 rings (SSSR count). The number of aryl methyl sites for hydroxylation is 2. The lowest BCUT2D eigenvalue weighted by atomic mass is 10.1. The molecule has 0 saturated heterocycles. The van der Waals surface area contributed by atoms with Gasteiger partial charge in [0, 0.05) is 26.0 Å². The van der Waals surface area contributed by atoms with E-state index in [-0.39, 0.29) is 22.7 Å².